The lowest BCUT2D eigenvalue weighted by molar-refractivity contribution is -0.117. The molecule has 6 nitrogen and oxygen atoms in total. The van der Waals surface area contributed by atoms with Crippen molar-refractivity contribution < 1.29 is 14.3 Å². The van der Waals surface area contributed by atoms with Crippen LogP contribution >= 0.6 is 0 Å². The maximum atomic E-state index is 14.2. The number of carbonyl (C=O) groups excluding carboxylic acids is 1. The second-order valence-corrected chi connectivity index (χ2v) is 11.2. The number of nitriles is 1. The Balaban J connectivity index is 2.24. The third-order valence-electron chi connectivity index (χ3n) is 7.24. The molecule has 0 aliphatic heterocycles. The third-order valence-corrected chi connectivity index (χ3v) is 7.24. The van der Waals surface area contributed by atoms with E-state index in [-0.39, 0.29) is 16.9 Å². The summed E-state index contributed by atoms with van der Waals surface area (Å²) in [6.07, 6.45) is 13.1. The Hall–Kier alpha value is -3.24. The molecule has 1 aliphatic carbocycles. The van der Waals surface area contributed by atoms with Crippen molar-refractivity contribution in [3.63, 3.8) is 0 Å². The highest BCUT2D eigenvalue weighted by molar-refractivity contribution is 5.81. The summed E-state index contributed by atoms with van der Waals surface area (Å²) in [5, 5.41) is 19.5. The van der Waals surface area contributed by atoms with Gasteiger partial charge in [0.15, 0.2) is 0 Å². The Bertz CT molecular complexity index is 1130. The van der Waals surface area contributed by atoms with Crippen LogP contribution in [0.25, 0.3) is 0 Å². The van der Waals surface area contributed by atoms with Gasteiger partial charge in [-0.3, -0.25) is 9.69 Å². The Labute approximate surface area is 227 Å². The molecule has 1 N–H and O–H groups in total. The van der Waals surface area contributed by atoms with Gasteiger partial charge < -0.3 is 10.0 Å². The van der Waals surface area contributed by atoms with Gasteiger partial charge >= 0.3 is 0 Å². The van der Waals surface area contributed by atoms with Gasteiger partial charge in [0.2, 0.25) is 6.41 Å². The molecule has 2 atom stereocenters. The van der Waals surface area contributed by atoms with E-state index in [0.717, 1.165) is 56.3 Å². The number of nitrogens with zero attached hydrogens (tertiary/aromatic N) is 4. The quantitative estimate of drug-likeness (QED) is 0.246. The summed E-state index contributed by atoms with van der Waals surface area (Å²) >= 11 is 0. The monoisotopic (exact) mass is 522 g/mol. The molecule has 1 aromatic rings. The van der Waals surface area contributed by atoms with E-state index in [1.807, 2.05) is 26.1 Å². The molecule has 0 aromatic heterocycles. The van der Waals surface area contributed by atoms with Crippen LogP contribution < -0.4 is 4.90 Å². The van der Waals surface area contributed by atoms with Crippen LogP contribution in [0.15, 0.2) is 53.5 Å². The summed E-state index contributed by atoms with van der Waals surface area (Å²) in [6, 6.07) is 5.03. The van der Waals surface area contributed by atoms with Crippen molar-refractivity contribution in [3.05, 3.63) is 65.4 Å². The SMILES string of the molecule is C=C(/C=N\C(=C/C)N(C=O)CC1CCC[C@](C)(CN(/C=C\CC)c2cc(C#N)c(F)cc2C)C1)C(C)(C)O. The largest absolute Gasteiger partial charge is 0.386 e. The number of anilines is 1. The maximum absolute atomic E-state index is 14.2. The first-order valence-electron chi connectivity index (χ1n) is 13.3. The number of aryl methyl sites for hydroxylation is 1. The number of rotatable bonds is 12. The van der Waals surface area contributed by atoms with Crippen LogP contribution in [0.4, 0.5) is 10.1 Å². The van der Waals surface area contributed by atoms with Crippen LogP contribution in [0.1, 0.15) is 77.8 Å². The normalized spacial score (nSPS) is 20.5. The van der Waals surface area contributed by atoms with Gasteiger partial charge in [-0.1, -0.05) is 32.9 Å². The number of hydrogen-bond acceptors (Lipinski definition) is 5. The molecular formula is C31H43FN4O2. The van der Waals surface area contributed by atoms with E-state index in [0.29, 0.717) is 17.9 Å². The van der Waals surface area contributed by atoms with Gasteiger partial charge in [0.05, 0.1) is 11.2 Å². The molecule has 0 heterocycles. The summed E-state index contributed by atoms with van der Waals surface area (Å²) in [5.74, 6) is 0.304. The van der Waals surface area contributed by atoms with Crippen molar-refractivity contribution in [2.45, 2.75) is 79.2 Å². The van der Waals surface area contributed by atoms with E-state index in [1.54, 1.807) is 30.9 Å². The molecule has 1 unspecified atom stereocenters. The van der Waals surface area contributed by atoms with E-state index in [1.165, 1.54) is 12.3 Å². The molecule has 1 fully saturated rings. The Morgan fingerprint density at radius 1 is 1.42 bits per heavy atom. The van der Waals surface area contributed by atoms with Gasteiger partial charge in [0, 0.05) is 31.2 Å². The zero-order valence-corrected chi connectivity index (χ0v) is 23.8. The maximum Gasteiger partial charge on any atom is 0.215 e. The molecule has 7 heteroatoms. The van der Waals surface area contributed by atoms with Crippen LogP contribution in [-0.4, -0.2) is 41.3 Å². The predicted octanol–water partition coefficient (Wildman–Crippen LogP) is 6.65. The Morgan fingerprint density at radius 3 is 2.71 bits per heavy atom. The topological polar surface area (TPSA) is 79.9 Å². The lowest BCUT2D eigenvalue weighted by atomic mass is 9.70. The highest BCUT2D eigenvalue weighted by Crippen LogP contribution is 2.41. The highest BCUT2D eigenvalue weighted by Gasteiger charge is 2.35. The lowest BCUT2D eigenvalue weighted by Gasteiger charge is -2.42. The highest BCUT2D eigenvalue weighted by atomic mass is 19.1. The average Bonchev–Trinajstić information content (AvgIpc) is 2.85. The van der Waals surface area contributed by atoms with Gasteiger partial charge in [-0.25, -0.2) is 9.38 Å². The van der Waals surface area contributed by atoms with Gasteiger partial charge in [0.1, 0.15) is 17.7 Å². The molecule has 38 heavy (non-hydrogen) atoms. The van der Waals surface area contributed by atoms with Gasteiger partial charge in [0.25, 0.3) is 0 Å². The molecule has 1 saturated carbocycles. The zero-order valence-electron chi connectivity index (χ0n) is 23.8. The van der Waals surface area contributed by atoms with Crippen LogP contribution in [0.5, 0.6) is 0 Å². The summed E-state index contributed by atoms with van der Waals surface area (Å²) in [6.45, 7) is 16.5. The van der Waals surface area contributed by atoms with E-state index in [4.69, 9.17) is 0 Å². The van der Waals surface area contributed by atoms with Crippen LogP contribution in [-0.2, 0) is 4.79 Å². The minimum atomic E-state index is -1.09. The molecular weight excluding hydrogens is 479 g/mol. The van der Waals surface area contributed by atoms with Crippen molar-refractivity contribution in [1.82, 2.24) is 4.90 Å². The first-order valence-corrected chi connectivity index (χ1v) is 13.3. The van der Waals surface area contributed by atoms with E-state index < -0.39 is 11.4 Å². The molecule has 0 spiro atoms. The lowest BCUT2D eigenvalue weighted by Crippen LogP contribution is -2.40. The summed E-state index contributed by atoms with van der Waals surface area (Å²) in [7, 11) is 0. The summed E-state index contributed by atoms with van der Waals surface area (Å²) in [4.78, 5) is 20.3. The molecule has 206 valence electrons. The van der Waals surface area contributed by atoms with Crippen molar-refractivity contribution in [2.75, 3.05) is 18.0 Å². The smallest absolute Gasteiger partial charge is 0.215 e. The molecule has 0 radical (unpaired) electrons. The van der Waals surface area contributed by atoms with Crippen molar-refractivity contribution >= 4 is 18.3 Å². The first kappa shape index (κ1) is 31.0. The number of allylic oxidation sites excluding steroid dienone is 2. The van der Waals surface area contributed by atoms with Crippen molar-refractivity contribution in [2.24, 2.45) is 16.3 Å². The number of amides is 1. The molecule has 1 aliphatic rings. The predicted molar refractivity (Wildman–Crippen MR) is 153 cm³/mol. The first-order chi connectivity index (χ1) is 17.9. The van der Waals surface area contributed by atoms with E-state index >= 15 is 0 Å². The molecule has 2 rings (SSSR count). The fourth-order valence-corrected chi connectivity index (χ4v) is 5.02. The number of hydrogen-bond donors (Lipinski definition) is 1. The average molecular weight is 523 g/mol. The summed E-state index contributed by atoms with van der Waals surface area (Å²) in [5.41, 5.74) is 0.993. The second kappa shape index (κ2) is 13.5. The molecule has 0 saturated heterocycles. The molecule has 0 bridgehead atoms. The minimum Gasteiger partial charge on any atom is -0.386 e. The van der Waals surface area contributed by atoms with Crippen LogP contribution in [0, 0.1) is 35.4 Å². The van der Waals surface area contributed by atoms with E-state index in [2.05, 4.69) is 36.4 Å². The van der Waals surface area contributed by atoms with Crippen LogP contribution in [0.3, 0.4) is 0 Å². The van der Waals surface area contributed by atoms with Gasteiger partial charge in [-0.2, -0.15) is 5.26 Å². The number of benzene rings is 1. The number of carbonyl (C=O) groups is 1. The molecule has 1 aromatic carbocycles. The fourth-order valence-electron chi connectivity index (χ4n) is 5.02. The fraction of sp³-hybridized carbons (Fsp3) is 0.516. The third kappa shape index (κ3) is 8.39. The number of halogens is 1. The second-order valence-electron chi connectivity index (χ2n) is 11.2. The number of aliphatic imine (C=N–C) groups is 1. The van der Waals surface area contributed by atoms with E-state index in [9.17, 15) is 19.6 Å². The summed E-state index contributed by atoms with van der Waals surface area (Å²) < 4.78 is 14.2. The Kier molecular flexibility index (Phi) is 11.0. The van der Waals surface area contributed by atoms with Gasteiger partial charge in [-0.05, 0) is 94.1 Å². The van der Waals surface area contributed by atoms with Crippen molar-refractivity contribution in [3.8, 4) is 6.07 Å². The van der Waals surface area contributed by atoms with Gasteiger partial charge in [-0.15, -0.1) is 0 Å². The van der Waals surface area contributed by atoms with Crippen molar-refractivity contribution in [1.29, 1.82) is 5.26 Å². The van der Waals surface area contributed by atoms with Crippen LogP contribution in [0.2, 0.25) is 0 Å². The zero-order chi connectivity index (χ0) is 28.5. The number of aliphatic hydroxyl groups is 1. The minimum absolute atomic E-state index is 0.0421. The Morgan fingerprint density at radius 2 is 2.13 bits per heavy atom. The standard InChI is InChI=1S/C31H43FN4O2/c1-8-10-14-35(28-16-26(18-33)27(32)15-23(28)3)21-31(7)13-11-12-25(17-31)20-36(22-37)29(9-2)34-19-24(4)30(5,6)38/h9-10,14-16,19,22,25,38H,4,8,11-13,17,20-21H2,1-3,5-7H3/b14-10-,29-9+,34-19-/t25?,31-/m0/s1. The molecule has 1 amide bonds.